The van der Waals surface area contributed by atoms with Gasteiger partial charge < -0.3 is 10.1 Å². The summed E-state index contributed by atoms with van der Waals surface area (Å²) in [5.41, 5.74) is 0. The molecule has 0 amide bonds. The highest BCUT2D eigenvalue weighted by atomic mass is 79.9. The van der Waals surface area contributed by atoms with Gasteiger partial charge in [0.1, 0.15) is 10.6 Å². The number of rotatable bonds is 5. The summed E-state index contributed by atoms with van der Waals surface area (Å²) in [4.78, 5) is 0.220. The lowest BCUT2D eigenvalue weighted by Crippen LogP contribution is -2.40. The van der Waals surface area contributed by atoms with Crippen molar-refractivity contribution in [3.8, 4) is 5.75 Å². The van der Waals surface area contributed by atoms with Gasteiger partial charge in [-0.15, -0.1) is 0 Å². The van der Waals surface area contributed by atoms with E-state index < -0.39 is 10.0 Å². The molecule has 1 saturated heterocycles. The summed E-state index contributed by atoms with van der Waals surface area (Å²) in [6.45, 7) is 1.22. The monoisotopic (exact) mass is 362 g/mol. The SMILES string of the molecule is CNC[C@@H]1CCCN1S(=O)(=O)c1cc(Br)ccc1OC. The van der Waals surface area contributed by atoms with E-state index in [0.717, 1.165) is 17.3 Å². The van der Waals surface area contributed by atoms with Crippen molar-refractivity contribution in [2.75, 3.05) is 27.2 Å². The largest absolute Gasteiger partial charge is 0.495 e. The molecule has 1 atom stereocenters. The topological polar surface area (TPSA) is 58.6 Å². The van der Waals surface area contributed by atoms with Gasteiger partial charge in [-0.25, -0.2) is 8.42 Å². The van der Waals surface area contributed by atoms with Crippen LogP contribution < -0.4 is 10.1 Å². The Morgan fingerprint density at radius 1 is 1.50 bits per heavy atom. The second-order valence-electron chi connectivity index (χ2n) is 4.76. The Morgan fingerprint density at radius 3 is 2.90 bits per heavy atom. The molecule has 1 aromatic rings. The molecule has 20 heavy (non-hydrogen) atoms. The zero-order valence-electron chi connectivity index (χ0n) is 11.6. The van der Waals surface area contributed by atoms with Gasteiger partial charge in [0.25, 0.3) is 0 Å². The Morgan fingerprint density at radius 2 is 2.25 bits per heavy atom. The molecule has 0 saturated carbocycles. The van der Waals surface area contributed by atoms with Crippen LogP contribution >= 0.6 is 15.9 Å². The lowest BCUT2D eigenvalue weighted by atomic mass is 10.2. The molecule has 0 bridgehead atoms. The fraction of sp³-hybridized carbons (Fsp3) is 0.538. The van der Waals surface area contributed by atoms with Crippen LogP contribution in [0.2, 0.25) is 0 Å². The van der Waals surface area contributed by atoms with Crippen molar-refractivity contribution in [3.63, 3.8) is 0 Å². The van der Waals surface area contributed by atoms with Crippen molar-refractivity contribution in [2.24, 2.45) is 0 Å². The second kappa shape index (κ2) is 6.43. The van der Waals surface area contributed by atoms with E-state index >= 15 is 0 Å². The third-order valence-corrected chi connectivity index (χ3v) is 5.94. The summed E-state index contributed by atoms with van der Waals surface area (Å²) < 4.78 is 33.2. The zero-order chi connectivity index (χ0) is 14.8. The van der Waals surface area contributed by atoms with Gasteiger partial charge in [-0.05, 0) is 38.1 Å². The molecule has 0 spiro atoms. The molecule has 1 N–H and O–H groups in total. The van der Waals surface area contributed by atoms with Crippen LogP contribution in [-0.4, -0.2) is 46.0 Å². The van der Waals surface area contributed by atoms with Crippen LogP contribution in [0.25, 0.3) is 0 Å². The minimum Gasteiger partial charge on any atom is -0.495 e. The molecule has 2 rings (SSSR count). The van der Waals surface area contributed by atoms with E-state index in [0.29, 0.717) is 18.8 Å². The molecule has 0 unspecified atom stereocenters. The summed E-state index contributed by atoms with van der Waals surface area (Å²) in [5, 5.41) is 3.06. The average Bonchev–Trinajstić information content (AvgIpc) is 2.88. The van der Waals surface area contributed by atoms with Crippen LogP contribution in [0.5, 0.6) is 5.75 Å². The Bertz CT molecular complexity index is 577. The maximum atomic E-state index is 12.8. The highest BCUT2D eigenvalue weighted by molar-refractivity contribution is 9.10. The van der Waals surface area contributed by atoms with Crippen molar-refractivity contribution < 1.29 is 13.2 Å². The summed E-state index contributed by atoms with van der Waals surface area (Å²) in [5.74, 6) is 0.378. The van der Waals surface area contributed by atoms with Crippen LogP contribution in [0, 0.1) is 0 Å². The molecule has 0 radical (unpaired) electrons. The van der Waals surface area contributed by atoms with E-state index in [1.807, 2.05) is 7.05 Å². The highest BCUT2D eigenvalue weighted by Crippen LogP contribution is 2.33. The van der Waals surface area contributed by atoms with Crippen LogP contribution in [0.4, 0.5) is 0 Å². The lowest BCUT2D eigenvalue weighted by Gasteiger charge is -2.24. The van der Waals surface area contributed by atoms with E-state index in [9.17, 15) is 8.42 Å². The molecule has 1 heterocycles. The molecule has 112 valence electrons. The number of halogens is 1. The number of benzene rings is 1. The molecule has 1 aliphatic heterocycles. The van der Waals surface area contributed by atoms with Gasteiger partial charge in [0.15, 0.2) is 0 Å². The van der Waals surface area contributed by atoms with Gasteiger partial charge in [-0.2, -0.15) is 4.31 Å². The van der Waals surface area contributed by atoms with Crippen LogP contribution in [0.15, 0.2) is 27.6 Å². The Hall–Kier alpha value is -0.630. The fourth-order valence-corrected chi connectivity index (χ4v) is 4.93. The van der Waals surface area contributed by atoms with Crippen molar-refractivity contribution in [2.45, 2.75) is 23.8 Å². The van der Waals surface area contributed by atoms with Gasteiger partial charge in [0.05, 0.1) is 7.11 Å². The van der Waals surface area contributed by atoms with Crippen molar-refractivity contribution >= 4 is 26.0 Å². The number of nitrogens with zero attached hydrogens (tertiary/aromatic N) is 1. The number of ether oxygens (including phenoxy) is 1. The summed E-state index contributed by atoms with van der Waals surface area (Å²) in [6.07, 6.45) is 1.78. The number of nitrogens with one attached hydrogen (secondary N) is 1. The van der Waals surface area contributed by atoms with Crippen LogP contribution in [0.1, 0.15) is 12.8 Å². The smallest absolute Gasteiger partial charge is 0.247 e. The maximum absolute atomic E-state index is 12.8. The van der Waals surface area contributed by atoms with E-state index in [4.69, 9.17) is 4.74 Å². The molecule has 0 aromatic heterocycles. The lowest BCUT2D eigenvalue weighted by molar-refractivity contribution is 0.370. The first-order chi connectivity index (χ1) is 9.50. The van der Waals surface area contributed by atoms with E-state index in [-0.39, 0.29) is 10.9 Å². The van der Waals surface area contributed by atoms with Gasteiger partial charge in [-0.1, -0.05) is 15.9 Å². The summed E-state index contributed by atoms with van der Waals surface area (Å²) >= 11 is 3.32. The average molecular weight is 363 g/mol. The number of methoxy groups -OCH3 is 1. The normalized spacial score (nSPS) is 20.2. The quantitative estimate of drug-likeness (QED) is 0.867. The molecule has 5 nitrogen and oxygen atoms in total. The van der Waals surface area contributed by atoms with Gasteiger partial charge in [0, 0.05) is 23.6 Å². The first kappa shape index (κ1) is 15.8. The van der Waals surface area contributed by atoms with E-state index in [1.54, 1.807) is 22.5 Å². The Balaban J connectivity index is 2.42. The first-order valence-corrected chi connectivity index (χ1v) is 8.74. The van der Waals surface area contributed by atoms with Crippen LogP contribution in [0.3, 0.4) is 0 Å². The van der Waals surface area contributed by atoms with Crippen LogP contribution in [-0.2, 0) is 10.0 Å². The van der Waals surface area contributed by atoms with Gasteiger partial charge in [0.2, 0.25) is 10.0 Å². The standard InChI is InChI=1S/C13H19BrN2O3S/c1-15-9-11-4-3-7-16(11)20(17,18)13-8-10(14)5-6-12(13)19-2/h5-6,8,11,15H,3-4,7,9H2,1-2H3/t11-/m0/s1. The minimum atomic E-state index is -3.54. The second-order valence-corrected chi connectivity index (χ2v) is 7.54. The molecule has 0 aliphatic carbocycles. The fourth-order valence-electron chi connectivity index (χ4n) is 2.54. The predicted molar refractivity (Wildman–Crippen MR) is 81.5 cm³/mol. The van der Waals surface area contributed by atoms with E-state index in [2.05, 4.69) is 21.2 Å². The summed E-state index contributed by atoms with van der Waals surface area (Å²) in [6, 6.07) is 5.05. The number of hydrogen-bond donors (Lipinski definition) is 1. The molecule has 1 aliphatic rings. The Kier molecular flexibility index (Phi) is 5.06. The zero-order valence-corrected chi connectivity index (χ0v) is 14.0. The summed E-state index contributed by atoms with van der Waals surface area (Å²) in [7, 11) is -0.217. The van der Waals surface area contributed by atoms with E-state index in [1.165, 1.54) is 7.11 Å². The minimum absolute atomic E-state index is 0.00804. The van der Waals surface area contributed by atoms with Gasteiger partial charge >= 0.3 is 0 Å². The number of sulfonamides is 1. The predicted octanol–water partition coefficient (Wildman–Crippen LogP) is 1.83. The van der Waals surface area contributed by atoms with Crippen molar-refractivity contribution in [3.05, 3.63) is 22.7 Å². The number of likely N-dealkylation sites (N-methyl/N-ethyl adjacent to an activating group) is 1. The Labute approximate surface area is 128 Å². The number of hydrogen-bond acceptors (Lipinski definition) is 4. The highest BCUT2D eigenvalue weighted by Gasteiger charge is 2.36. The molecule has 7 heteroatoms. The molecule has 1 fully saturated rings. The first-order valence-electron chi connectivity index (χ1n) is 6.50. The van der Waals surface area contributed by atoms with Crippen molar-refractivity contribution in [1.82, 2.24) is 9.62 Å². The molecule has 1 aromatic carbocycles. The molecular formula is C13H19BrN2O3S. The van der Waals surface area contributed by atoms with Gasteiger partial charge in [-0.3, -0.25) is 0 Å². The third-order valence-electron chi connectivity index (χ3n) is 3.48. The molecular weight excluding hydrogens is 344 g/mol. The van der Waals surface area contributed by atoms with Crippen molar-refractivity contribution in [1.29, 1.82) is 0 Å². The third kappa shape index (κ3) is 3.00. The maximum Gasteiger partial charge on any atom is 0.247 e.